The molecule has 22 heavy (non-hydrogen) atoms. The number of rotatable bonds is 6. The lowest BCUT2D eigenvalue weighted by molar-refractivity contribution is 0.0373. The van der Waals surface area contributed by atoms with Gasteiger partial charge in [0.15, 0.2) is 0 Å². The molecule has 1 saturated heterocycles. The fourth-order valence-corrected chi connectivity index (χ4v) is 2.68. The molecule has 1 aromatic heterocycles. The summed E-state index contributed by atoms with van der Waals surface area (Å²) in [6, 6.07) is 4.94. The molecule has 3 rings (SSSR count). The number of nitrogens with one attached hydrogen (secondary N) is 1. The van der Waals surface area contributed by atoms with E-state index in [4.69, 9.17) is 4.74 Å². The van der Waals surface area contributed by atoms with Crippen LogP contribution in [0.15, 0.2) is 24.5 Å². The van der Waals surface area contributed by atoms with Crippen LogP contribution in [0.1, 0.15) is 12.8 Å². The molecular formula is C16H21FN4O. The van der Waals surface area contributed by atoms with Gasteiger partial charge < -0.3 is 10.1 Å². The van der Waals surface area contributed by atoms with Crippen molar-refractivity contribution in [3.63, 3.8) is 0 Å². The first-order chi connectivity index (χ1) is 10.8. The molecule has 0 saturated carbocycles. The van der Waals surface area contributed by atoms with Gasteiger partial charge in [-0.3, -0.25) is 4.90 Å². The maximum atomic E-state index is 13.7. The zero-order valence-corrected chi connectivity index (χ0v) is 12.6. The minimum atomic E-state index is -0.310. The minimum Gasteiger partial charge on any atom is -0.379 e. The fraction of sp³-hybridized carbons (Fsp3) is 0.500. The molecule has 1 aliphatic rings. The van der Waals surface area contributed by atoms with Gasteiger partial charge in [-0.1, -0.05) is 6.07 Å². The Labute approximate surface area is 129 Å². The molecule has 0 aliphatic carbocycles. The predicted octanol–water partition coefficient (Wildman–Crippen LogP) is 2.29. The maximum Gasteiger partial charge on any atom is 0.149 e. The molecule has 0 radical (unpaired) electrons. The van der Waals surface area contributed by atoms with Crippen molar-refractivity contribution in [2.75, 3.05) is 44.7 Å². The molecule has 5 nitrogen and oxygen atoms in total. The van der Waals surface area contributed by atoms with Crippen LogP contribution in [0, 0.1) is 5.82 Å². The van der Waals surface area contributed by atoms with Gasteiger partial charge in [0.25, 0.3) is 0 Å². The summed E-state index contributed by atoms with van der Waals surface area (Å²) < 4.78 is 19.0. The Morgan fingerprint density at radius 2 is 2.05 bits per heavy atom. The van der Waals surface area contributed by atoms with E-state index in [1.807, 2.05) is 6.07 Å². The SMILES string of the molecule is Fc1cccc2c(NCCCCN3CCOCC3)ncnc12. The summed E-state index contributed by atoms with van der Waals surface area (Å²) in [5.74, 6) is 0.395. The van der Waals surface area contributed by atoms with Gasteiger partial charge in [0.1, 0.15) is 23.5 Å². The van der Waals surface area contributed by atoms with Crippen LogP contribution >= 0.6 is 0 Å². The van der Waals surface area contributed by atoms with Gasteiger partial charge in [-0.25, -0.2) is 14.4 Å². The van der Waals surface area contributed by atoms with Gasteiger partial charge in [0, 0.05) is 25.0 Å². The summed E-state index contributed by atoms with van der Waals surface area (Å²) in [6.45, 7) is 5.68. The Hall–Kier alpha value is -1.79. The molecule has 1 fully saturated rings. The molecule has 118 valence electrons. The molecule has 1 aliphatic heterocycles. The second-order valence-corrected chi connectivity index (χ2v) is 5.45. The number of fused-ring (bicyclic) bond motifs is 1. The number of halogens is 1. The number of benzene rings is 1. The number of nitrogens with zero attached hydrogens (tertiary/aromatic N) is 3. The van der Waals surface area contributed by atoms with Gasteiger partial charge in [-0.15, -0.1) is 0 Å². The number of para-hydroxylation sites is 1. The van der Waals surface area contributed by atoms with E-state index in [1.165, 1.54) is 12.4 Å². The average Bonchev–Trinajstić information content (AvgIpc) is 2.56. The number of hydrogen-bond donors (Lipinski definition) is 1. The van der Waals surface area contributed by atoms with Crippen LogP contribution in [0.25, 0.3) is 10.9 Å². The topological polar surface area (TPSA) is 50.3 Å². The monoisotopic (exact) mass is 304 g/mol. The Morgan fingerprint density at radius 1 is 1.18 bits per heavy atom. The highest BCUT2D eigenvalue weighted by molar-refractivity contribution is 5.89. The molecule has 0 atom stereocenters. The summed E-state index contributed by atoms with van der Waals surface area (Å²) in [7, 11) is 0. The van der Waals surface area contributed by atoms with Gasteiger partial charge >= 0.3 is 0 Å². The van der Waals surface area contributed by atoms with E-state index in [2.05, 4.69) is 20.2 Å². The first-order valence-electron chi connectivity index (χ1n) is 7.78. The maximum absolute atomic E-state index is 13.7. The zero-order chi connectivity index (χ0) is 15.2. The second kappa shape index (κ2) is 7.47. The highest BCUT2D eigenvalue weighted by Gasteiger charge is 2.09. The van der Waals surface area contributed by atoms with Crippen LogP contribution in [-0.4, -0.2) is 54.3 Å². The van der Waals surface area contributed by atoms with E-state index in [-0.39, 0.29) is 5.82 Å². The van der Waals surface area contributed by atoms with Gasteiger partial charge in [-0.2, -0.15) is 0 Å². The molecule has 1 N–H and O–H groups in total. The minimum absolute atomic E-state index is 0.310. The summed E-state index contributed by atoms with van der Waals surface area (Å²) in [4.78, 5) is 10.7. The van der Waals surface area contributed by atoms with Crippen molar-refractivity contribution in [3.8, 4) is 0 Å². The number of morpholine rings is 1. The van der Waals surface area contributed by atoms with E-state index in [0.29, 0.717) is 11.3 Å². The smallest absolute Gasteiger partial charge is 0.149 e. The molecule has 0 unspecified atom stereocenters. The van der Waals surface area contributed by atoms with Crippen molar-refractivity contribution >= 4 is 16.7 Å². The fourth-order valence-electron chi connectivity index (χ4n) is 2.68. The Kier molecular flexibility index (Phi) is 5.13. The van der Waals surface area contributed by atoms with Gasteiger partial charge in [0.05, 0.1) is 13.2 Å². The molecule has 0 bridgehead atoms. The molecule has 6 heteroatoms. The van der Waals surface area contributed by atoms with Crippen molar-refractivity contribution in [2.45, 2.75) is 12.8 Å². The lowest BCUT2D eigenvalue weighted by Gasteiger charge is -2.26. The second-order valence-electron chi connectivity index (χ2n) is 5.45. The van der Waals surface area contributed by atoms with Crippen LogP contribution in [0.5, 0.6) is 0 Å². The van der Waals surface area contributed by atoms with Crippen molar-refractivity contribution in [1.29, 1.82) is 0 Å². The third kappa shape index (κ3) is 3.69. The van der Waals surface area contributed by atoms with Crippen LogP contribution in [0.4, 0.5) is 10.2 Å². The average molecular weight is 304 g/mol. The number of aromatic nitrogens is 2. The number of unbranched alkanes of at least 4 members (excludes halogenated alkanes) is 1. The van der Waals surface area contributed by atoms with E-state index in [1.54, 1.807) is 6.07 Å². The highest BCUT2D eigenvalue weighted by atomic mass is 19.1. The molecule has 2 heterocycles. The lowest BCUT2D eigenvalue weighted by Crippen LogP contribution is -2.36. The number of ether oxygens (including phenoxy) is 1. The highest BCUT2D eigenvalue weighted by Crippen LogP contribution is 2.21. The normalized spacial score (nSPS) is 16.0. The van der Waals surface area contributed by atoms with Crippen molar-refractivity contribution < 1.29 is 9.13 Å². The molecule has 0 amide bonds. The quantitative estimate of drug-likeness (QED) is 0.830. The summed E-state index contributed by atoms with van der Waals surface area (Å²) in [5, 5.41) is 4.02. The zero-order valence-electron chi connectivity index (χ0n) is 12.6. The summed E-state index contributed by atoms with van der Waals surface area (Å²) in [6.07, 6.45) is 3.59. The van der Waals surface area contributed by atoms with Crippen LogP contribution in [-0.2, 0) is 4.74 Å². The molecular weight excluding hydrogens is 283 g/mol. The number of hydrogen-bond acceptors (Lipinski definition) is 5. The van der Waals surface area contributed by atoms with Crippen LogP contribution in [0.2, 0.25) is 0 Å². The Bertz CT molecular complexity index is 616. The summed E-state index contributed by atoms with van der Waals surface area (Å²) in [5.41, 5.74) is 0.369. The van der Waals surface area contributed by atoms with E-state index in [0.717, 1.165) is 57.6 Å². The Morgan fingerprint density at radius 3 is 2.91 bits per heavy atom. The molecule has 0 spiro atoms. The van der Waals surface area contributed by atoms with E-state index in [9.17, 15) is 4.39 Å². The lowest BCUT2D eigenvalue weighted by atomic mass is 10.2. The van der Waals surface area contributed by atoms with Crippen molar-refractivity contribution in [2.24, 2.45) is 0 Å². The molecule has 1 aromatic carbocycles. The summed E-state index contributed by atoms with van der Waals surface area (Å²) >= 11 is 0. The van der Waals surface area contributed by atoms with Gasteiger partial charge in [0.2, 0.25) is 0 Å². The van der Waals surface area contributed by atoms with Crippen molar-refractivity contribution in [1.82, 2.24) is 14.9 Å². The first kappa shape index (κ1) is 15.1. The molecule has 2 aromatic rings. The first-order valence-corrected chi connectivity index (χ1v) is 7.78. The largest absolute Gasteiger partial charge is 0.379 e. The standard InChI is InChI=1S/C16H21FN4O/c17-14-5-3-4-13-15(14)19-12-20-16(13)18-6-1-2-7-21-8-10-22-11-9-21/h3-5,12H,1-2,6-11H2,(H,18,19,20). The van der Waals surface area contributed by atoms with Crippen LogP contribution in [0.3, 0.4) is 0 Å². The Balaban J connectivity index is 1.48. The predicted molar refractivity (Wildman–Crippen MR) is 84.5 cm³/mol. The van der Waals surface area contributed by atoms with Gasteiger partial charge in [-0.05, 0) is 31.5 Å². The van der Waals surface area contributed by atoms with Crippen molar-refractivity contribution in [3.05, 3.63) is 30.3 Å². The van der Waals surface area contributed by atoms with E-state index < -0.39 is 0 Å². The number of anilines is 1. The van der Waals surface area contributed by atoms with E-state index >= 15 is 0 Å². The van der Waals surface area contributed by atoms with Crippen LogP contribution < -0.4 is 5.32 Å². The third-order valence-corrected chi connectivity index (χ3v) is 3.91. The third-order valence-electron chi connectivity index (χ3n) is 3.91.